The first-order valence-electron chi connectivity index (χ1n) is 4.36. The van der Waals surface area contributed by atoms with Crippen molar-refractivity contribution in [3.05, 3.63) is 29.1 Å². The lowest BCUT2D eigenvalue weighted by Crippen LogP contribution is -2.23. The molecule has 0 aliphatic rings. The molecule has 0 amide bonds. The molecule has 0 radical (unpaired) electrons. The Balaban J connectivity index is 3.20. The highest BCUT2D eigenvalue weighted by Crippen LogP contribution is 2.29. The van der Waals surface area contributed by atoms with E-state index in [1.54, 1.807) is 6.92 Å². The molecule has 14 heavy (non-hydrogen) atoms. The first kappa shape index (κ1) is 10.9. The Morgan fingerprint density at radius 1 is 1.43 bits per heavy atom. The molecule has 0 bridgehead atoms. The predicted molar refractivity (Wildman–Crippen MR) is 51.4 cm³/mol. The second-order valence-corrected chi connectivity index (χ2v) is 3.43. The minimum absolute atomic E-state index is 0.0557. The Hall–Kier alpha value is -1.13. The van der Waals surface area contributed by atoms with Crippen LogP contribution in [-0.4, -0.2) is 16.3 Å². The molecule has 2 atom stereocenters. The number of halogens is 1. The number of benzene rings is 1. The van der Waals surface area contributed by atoms with E-state index in [9.17, 15) is 14.6 Å². The fraction of sp³-hybridized carbons (Fsp3) is 0.400. The molecule has 0 spiro atoms. The Morgan fingerprint density at radius 3 is 2.50 bits per heavy atom. The van der Waals surface area contributed by atoms with Crippen molar-refractivity contribution in [3.63, 3.8) is 0 Å². The van der Waals surface area contributed by atoms with E-state index in [-0.39, 0.29) is 11.3 Å². The maximum atomic E-state index is 13.0. The highest BCUT2D eigenvalue weighted by molar-refractivity contribution is 5.42. The molecule has 0 aliphatic carbocycles. The fourth-order valence-corrected chi connectivity index (χ4v) is 1.28. The average Bonchev–Trinajstić information content (AvgIpc) is 2.09. The number of aliphatic hydroxyl groups excluding tert-OH is 1. The summed E-state index contributed by atoms with van der Waals surface area (Å²) in [5.74, 6) is -0.522. The number of hydrogen-bond acceptors (Lipinski definition) is 3. The van der Waals surface area contributed by atoms with Gasteiger partial charge in [-0.1, -0.05) is 0 Å². The molecule has 0 saturated heterocycles. The topological polar surface area (TPSA) is 66.5 Å². The Bertz CT molecular complexity index is 339. The van der Waals surface area contributed by atoms with Crippen LogP contribution in [0.1, 0.15) is 24.1 Å². The van der Waals surface area contributed by atoms with Crippen LogP contribution < -0.4 is 5.73 Å². The predicted octanol–water partition coefficient (Wildman–Crippen LogP) is 1.22. The number of aromatic hydroxyl groups is 1. The van der Waals surface area contributed by atoms with Crippen molar-refractivity contribution in [3.8, 4) is 5.75 Å². The van der Waals surface area contributed by atoms with Crippen LogP contribution in [0, 0.1) is 12.7 Å². The first-order valence-corrected chi connectivity index (χ1v) is 4.36. The highest BCUT2D eigenvalue weighted by atomic mass is 19.1. The molecule has 3 nitrogen and oxygen atoms in total. The molecule has 0 aromatic heterocycles. The van der Waals surface area contributed by atoms with Crippen molar-refractivity contribution in [1.29, 1.82) is 0 Å². The summed E-state index contributed by atoms with van der Waals surface area (Å²) in [6, 6.07) is 1.58. The summed E-state index contributed by atoms with van der Waals surface area (Å²) in [5, 5.41) is 18.8. The van der Waals surface area contributed by atoms with Gasteiger partial charge in [-0.2, -0.15) is 0 Å². The smallest absolute Gasteiger partial charge is 0.124 e. The van der Waals surface area contributed by atoms with Crippen molar-refractivity contribution < 1.29 is 14.6 Å². The molecule has 0 fully saturated rings. The van der Waals surface area contributed by atoms with Crippen molar-refractivity contribution in [2.24, 2.45) is 5.73 Å². The normalized spacial score (nSPS) is 15.2. The van der Waals surface area contributed by atoms with Crippen LogP contribution in [0.4, 0.5) is 4.39 Å². The van der Waals surface area contributed by atoms with E-state index in [0.29, 0.717) is 5.56 Å². The molecular weight excluding hydrogens is 185 g/mol. The van der Waals surface area contributed by atoms with Gasteiger partial charge < -0.3 is 15.9 Å². The number of rotatable bonds is 2. The molecule has 0 heterocycles. The van der Waals surface area contributed by atoms with E-state index in [4.69, 9.17) is 5.73 Å². The van der Waals surface area contributed by atoms with Gasteiger partial charge in [-0.3, -0.25) is 0 Å². The van der Waals surface area contributed by atoms with Crippen LogP contribution in [0.25, 0.3) is 0 Å². The maximum Gasteiger partial charge on any atom is 0.124 e. The zero-order chi connectivity index (χ0) is 10.9. The Morgan fingerprint density at radius 2 is 2.00 bits per heavy atom. The fourth-order valence-electron chi connectivity index (χ4n) is 1.28. The molecule has 0 saturated carbocycles. The lowest BCUT2D eigenvalue weighted by molar-refractivity contribution is 0.162. The number of aryl methyl sites for hydroxylation is 1. The van der Waals surface area contributed by atoms with Gasteiger partial charge in [0.1, 0.15) is 11.6 Å². The Kier molecular flexibility index (Phi) is 3.08. The van der Waals surface area contributed by atoms with Crippen LogP contribution in [0.15, 0.2) is 12.1 Å². The van der Waals surface area contributed by atoms with Gasteiger partial charge in [0, 0.05) is 5.56 Å². The van der Waals surface area contributed by atoms with Gasteiger partial charge in [0.2, 0.25) is 0 Å². The molecule has 4 N–H and O–H groups in total. The van der Waals surface area contributed by atoms with Gasteiger partial charge >= 0.3 is 0 Å². The zero-order valence-electron chi connectivity index (χ0n) is 8.16. The third-order valence-corrected chi connectivity index (χ3v) is 2.17. The number of phenolic OH excluding ortho intramolecular Hbond substituents is 1. The minimum Gasteiger partial charge on any atom is -0.507 e. The lowest BCUT2D eigenvalue weighted by Gasteiger charge is -2.17. The monoisotopic (exact) mass is 199 g/mol. The molecule has 4 heteroatoms. The van der Waals surface area contributed by atoms with Crippen molar-refractivity contribution in [1.82, 2.24) is 0 Å². The van der Waals surface area contributed by atoms with Gasteiger partial charge in [-0.05, 0) is 31.5 Å². The number of aliphatic hydroxyl groups is 1. The van der Waals surface area contributed by atoms with E-state index in [1.807, 2.05) is 0 Å². The van der Waals surface area contributed by atoms with Crippen LogP contribution in [0.3, 0.4) is 0 Å². The number of nitrogens with two attached hydrogens (primary N) is 1. The second-order valence-electron chi connectivity index (χ2n) is 3.43. The van der Waals surface area contributed by atoms with Gasteiger partial charge in [0.25, 0.3) is 0 Å². The largest absolute Gasteiger partial charge is 0.507 e. The van der Waals surface area contributed by atoms with Crippen LogP contribution in [0.5, 0.6) is 5.75 Å². The van der Waals surface area contributed by atoms with Gasteiger partial charge in [-0.25, -0.2) is 4.39 Å². The zero-order valence-corrected chi connectivity index (χ0v) is 8.16. The standard InChI is InChI=1S/C10H14FNO2/c1-5-3-7(11)4-8(10(5)14)9(12)6(2)13/h3-4,6,9,13-14H,12H2,1-2H3/t6-,9+/m1/s1. The molecular formula is C10H14FNO2. The summed E-state index contributed by atoms with van der Waals surface area (Å²) in [6.07, 6.45) is -0.831. The lowest BCUT2D eigenvalue weighted by atomic mass is 9.99. The van der Waals surface area contributed by atoms with Gasteiger partial charge in [0.15, 0.2) is 0 Å². The number of phenols is 1. The number of hydrogen-bond donors (Lipinski definition) is 3. The molecule has 1 rings (SSSR count). The van der Waals surface area contributed by atoms with Crippen LogP contribution in [-0.2, 0) is 0 Å². The van der Waals surface area contributed by atoms with E-state index in [2.05, 4.69) is 0 Å². The second kappa shape index (κ2) is 3.94. The van der Waals surface area contributed by atoms with Crippen LogP contribution >= 0.6 is 0 Å². The first-order chi connectivity index (χ1) is 6.43. The van der Waals surface area contributed by atoms with E-state index in [1.165, 1.54) is 13.0 Å². The summed E-state index contributed by atoms with van der Waals surface area (Å²) in [5.41, 5.74) is 6.25. The van der Waals surface area contributed by atoms with E-state index < -0.39 is 18.0 Å². The third kappa shape index (κ3) is 2.02. The van der Waals surface area contributed by atoms with Crippen molar-refractivity contribution in [2.75, 3.05) is 0 Å². The summed E-state index contributed by atoms with van der Waals surface area (Å²) < 4.78 is 13.0. The van der Waals surface area contributed by atoms with E-state index >= 15 is 0 Å². The third-order valence-electron chi connectivity index (χ3n) is 2.17. The molecule has 0 unspecified atom stereocenters. The van der Waals surface area contributed by atoms with Crippen molar-refractivity contribution in [2.45, 2.75) is 26.0 Å². The Labute approximate surface area is 82.0 Å². The van der Waals surface area contributed by atoms with Gasteiger partial charge in [-0.15, -0.1) is 0 Å². The summed E-state index contributed by atoms with van der Waals surface area (Å²) >= 11 is 0. The molecule has 78 valence electrons. The average molecular weight is 199 g/mol. The quantitative estimate of drug-likeness (QED) is 0.671. The van der Waals surface area contributed by atoms with Crippen LogP contribution in [0.2, 0.25) is 0 Å². The van der Waals surface area contributed by atoms with E-state index in [0.717, 1.165) is 6.07 Å². The highest BCUT2D eigenvalue weighted by Gasteiger charge is 2.18. The SMILES string of the molecule is Cc1cc(F)cc([C@@H](N)[C@@H](C)O)c1O. The summed E-state index contributed by atoms with van der Waals surface area (Å²) in [7, 11) is 0. The maximum absolute atomic E-state index is 13.0. The molecule has 1 aromatic carbocycles. The summed E-state index contributed by atoms with van der Waals surface area (Å²) in [4.78, 5) is 0. The van der Waals surface area contributed by atoms with Gasteiger partial charge in [0.05, 0.1) is 12.1 Å². The van der Waals surface area contributed by atoms with Crippen molar-refractivity contribution >= 4 is 0 Å². The molecule has 0 aliphatic heterocycles. The minimum atomic E-state index is -0.831. The molecule has 1 aromatic rings. The summed E-state index contributed by atoms with van der Waals surface area (Å²) in [6.45, 7) is 3.07.